The van der Waals surface area contributed by atoms with Gasteiger partial charge in [0, 0.05) is 10.9 Å². The summed E-state index contributed by atoms with van der Waals surface area (Å²) in [5.74, 6) is 0.00332. The maximum atomic E-state index is 13.2. The number of pyridine rings is 1. The Labute approximate surface area is 160 Å². The molecule has 0 aliphatic heterocycles. The van der Waals surface area contributed by atoms with Crippen molar-refractivity contribution >= 4 is 16.8 Å². The predicted molar refractivity (Wildman–Crippen MR) is 110 cm³/mol. The van der Waals surface area contributed by atoms with Crippen LogP contribution in [0.2, 0.25) is 0 Å². The second-order valence-corrected chi connectivity index (χ2v) is 7.77. The van der Waals surface area contributed by atoms with Gasteiger partial charge in [-0.05, 0) is 43.9 Å². The maximum absolute atomic E-state index is 13.2. The second kappa shape index (κ2) is 7.51. The molecule has 3 nitrogen and oxygen atoms in total. The number of benzene rings is 2. The van der Waals surface area contributed by atoms with Crippen molar-refractivity contribution in [3.63, 3.8) is 0 Å². The van der Waals surface area contributed by atoms with Crippen LogP contribution in [0.4, 0.5) is 0 Å². The maximum Gasteiger partial charge on any atom is 0.253 e. The Morgan fingerprint density at radius 1 is 1.00 bits per heavy atom. The van der Waals surface area contributed by atoms with E-state index in [1.807, 2.05) is 43.3 Å². The van der Waals surface area contributed by atoms with Gasteiger partial charge in [-0.3, -0.25) is 9.78 Å². The summed E-state index contributed by atoms with van der Waals surface area (Å²) in [7, 11) is 0. The average Bonchev–Trinajstić information content (AvgIpc) is 2.68. The minimum Gasteiger partial charge on any atom is -0.346 e. The molecule has 4 rings (SSSR count). The van der Waals surface area contributed by atoms with E-state index in [0.29, 0.717) is 5.56 Å². The van der Waals surface area contributed by atoms with Crippen LogP contribution < -0.4 is 5.32 Å². The standard InChI is InChI=1S/C24H26N2O/c1-18-21(16-20-12-6-7-13-22(20)25-18)23(27)26-24(14-8-3-9-15-24)17-19-10-4-2-5-11-19/h2,4-7,10-13,16H,3,8-9,14-15,17H2,1H3,(H,26,27). The van der Waals surface area contributed by atoms with E-state index in [1.54, 1.807) is 0 Å². The van der Waals surface area contributed by atoms with E-state index < -0.39 is 0 Å². The van der Waals surface area contributed by atoms with E-state index in [4.69, 9.17) is 0 Å². The van der Waals surface area contributed by atoms with Crippen LogP contribution in [0.25, 0.3) is 10.9 Å². The van der Waals surface area contributed by atoms with Gasteiger partial charge in [0.1, 0.15) is 0 Å². The second-order valence-electron chi connectivity index (χ2n) is 7.77. The zero-order chi connectivity index (χ0) is 18.7. The molecule has 138 valence electrons. The van der Waals surface area contributed by atoms with E-state index in [9.17, 15) is 4.79 Å². The van der Waals surface area contributed by atoms with Crippen LogP contribution in [-0.2, 0) is 6.42 Å². The molecule has 0 spiro atoms. The first kappa shape index (κ1) is 17.7. The Morgan fingerprint density at radius 2 is 1.70 bits per heavy atom. The van der Waals surface area contributed by atoms with Crippen molar-refractivity contribution in [1.82, 2.24) is 10.3 Å². The van der Waals surface area contributed by atoms with E-state index >= 15 is 0 Å². The van der Waals surface area contributed by atoms with Crippen molar-refractivity contribution in [3.05, 3.63) is 77.5 Å². The Hall–Kier alpha value is -2.68. The van der Waals surface area contributed by atoms with Crippen LogP contribution in [0.3, 0.4) is 0 Å². The zero-order valence-electron chi connectivity index (χ0n) is 15.9. The molecular formula is C24H26N2O. The molecular weight excluding hydrogens is 332 g/mol. The van der Waals surface area contributed by atoms with Gasteiger partial charge in [0.25, 0.3) is 5.91 Å². The third-order valence-corrected chi connectivity index (χ3v) is 5.73. The van der Waals surface area contributed by atoms with Crippen molar-refractivity contribution in [2.45, 2.75) is 51.0 Å². The fourth-order valence-electron chi connectivity index (χ4n) is 4.31. The minimum absolute atomic E-state index is 0.00332. The van der Waals surface area contributed by atoms with Crippen LogP contribution in [0.1, 0.15) is 53.7 Å². The van der Waals surface area contributed by atoms with E-state index in [-0.39, 0.29) is 11.4 Å². The van der Waals surface area contributed by atoms with Crippen LogP contribution in [0, 0.1) is 6.92 Å². The SMILES string of the molecule is Cc1nc2ccccc2cc1C(=O)NC1(Cc2ccccc2)CCCCC1. The number of para-hydroxylation sites is 1. The summed E-state index contributed by atoms with van der Waals surface area (Å²) in [6.45, 7) is 1.92. The lowest BCUT2D eigenvalue weighted by Gasteiger charge is -2.38. The molecule has 27 heavy (non-hydrogen) atoms. The summed E-state index contributed by atoms with van der Waals surface area (Å²) in [6.07, 6.45) is 6.55. The summed E-state index contributed by atoms with van der Waals surface area (Å²) in [5.41, 5.74) is 3.54. The first-order valence-electron chi connectivity index (χ1n) is 9.88. The summed E-state index contributed by atoms with van der Waals surface area (Å²) in [4.78, 5) is 17.9. The molecule has 0 bridgehead atoms. The number of hydrogen-bond acceptors (Lipinski definition) is 2. The Morgan fingerprint density at radius 3 is 2.48 bits per heavy atom. The predicted octanol–water partition coefficient (Wildman–Crippen LogP) is 5.22. The third-order valence-electron chi connectivity index (χ3n) is 5.73. The number of hydrogen-bond donors (Lipinski definition) is 1. The quantitative estimate of drug-likeness (QED) is 0.695. The van der Waals surface area contributed by atoms with Gasteiger partial charge in [-0.1, -0.05) is 67.8 Å². The van der Waals surface area contributed by atoms with Crippen LogP contribution >= 0.6 is 0 Å². The van der Waals surface area contributed by atoms with Gasteiger partial charge in [-0.2, -0.15) is 0 Å². The lowest BCUT2D eigenvalue weighted by molar-refractivity contribution is 0.0867. The van der Waals surface area contributed by atoms with Crippen molar-refractivity contribution in [2.75, 3.05) is 0 Å². The molecule has 1 aliphatic rings. The van der Waals surface area contributed by atoms with Gasteiger partial charge in [0.2, 0.25) is 0 Å². The topological polar surface area (TPSA) is 42.0 Å². The Bertz CT molecular complexity index is 943. The minimum atomic E-state index is -0.158. The van der Waals surface area contributed by atoms with E-state index in [0.717, 1.165) is 35.9 Å². The summed E-state index contributed by atoms with van der Waals surface area (Å²) >= 11 is 0. The summed E-state index contributed by atoms with van der Waals surface area (Å²) in [6, 6.07) is 20.4. The first-order valence-corrected chi connectivity index (χ1v) is 9.88. The normalized spacial score (nSPS) is 16.2. The number of amides is 1. The number of rotatable bonds is 4. The molecule has 3 aromatic rings. The van der Waals surface area contributed by atoms with Crippen molar-refractivity contribution in [2.24, 2.45) is 0 Å². The number of nitrogens with zero attached hydrogens (tertiary/aromatic N) is 1. The number of nitrogens with one attached hydrogen (secondary N) is 1. The van der Waals surface area contributed by atoms with E-state index in [1.165, 1.54) is 24.8 Å². The van der Waals surface area contributed by atoms with Crippen molar-refractivity contribution < 1.29 is 4.79 Å². The summed E-state index contributed by atoms with van der Waals surface area (Å²) in [5, 5.41) is 4.43. The number of carbonyl (C=O) groups is 1. The molecule has 1 amide bonds. The number of aryl methyl sites for hydroxylation is 1. The lowest BCUT2D eigenvalue weighted by atomic mass is 9.77. The zero-order valence-corrected chi connectivity index (χ0v) is 15.9. The van der Waals surface area contributed by atoms with Crippen molar-refractivity contribution in [1.29, 1.82) is 0 Å². The van der Waals surface area contributed by atoms with Gasteiger partial charge in [0.05, 0.1) is 16.8 Å². The highest BCUT2D eigenvalue weighted by Crippen LogP contribution is 2.32. The van der Waals surface area contributed by atoms with Crippen LogP contribution in [-0.4, -0.2) is 16.4 Å². The third kappa shape index (κ3) is 3.87. The fraction of sp³-hybridized carbons (Fsp3) is 0.333. The molecule has 1 heterocycles. The molecule has 0 saturated heterocycles. The highest BCUT2D eigenvalue weighted by molar-refractivity contribution is 5.99. The Balaban J connectivity index is 1.63. The van der Waals surface area contributed by atoms with Crippen LogP contribution in [0.15, 0.2) is 60.7 Å². The highest BCUT2D eigenvalue weighted by Gasteiger charge is 2.34. The number of fused-ring (bicyclic) bond motifs is 1. The molecule has 0 atom stereocenters. The number of carbonyl (C=O) groups excluding carboxylic acids is 1. The average molecular weight is 358 g/mol. The molecule has 1 aliphatic carbocycles. The first-order chi connectivity index (χ1) is 13.2. The van der Waals surface area contributed by atoms with Crippen molar-refractivity contribution in [3.8, 4) is 0 Å². The molecule has 2 aromatic carbocycles. The largest absolute Gasteiger partial charge is 0.346 e. The van der Waals surface area contributed by atoms with Gasteiger partial charge >= 0.3 is 0 Å². The monoisotopic (exact) mass is 358 g/mol. The van der Waals surface area contributed by atoms with Gasteiger partial charge in [-0.15, -0.1) is 0 Å². The number of aromatic nitrogens is 1. The molecule has 3 heteroatoms. The molecule has 1 aromatic heterocycles. The molecule has 0 radical (unpaired) electrons. The smallest absolute Gasteiger partial charge is 0.253 e. The lowest BCUT2D eigenvalue weighted by Crippen LogP contribution is -2.51. The van der Waals surface area contributed by atoms with Gasteiger partial charge in [-0.25, -0.2) is 0 Å². The van der Waals surface area contributed by atoms with Gasteiger partial charge in [0.15, 0.2) is 0 Å². The summed E-state index contributed by atoms with van der Waals surface area (Å²) < 4.78 is 0. The van der Waals surface area contributed by atoms with Crippen LogP contribution in [0.5, 0.6) is 0 Å². The van der Waals surface area contributed by atoms with E-state index in [2.05, 4.69) is 34.6 Å². The molecule has 1 N–H and O–H groups in total. The fourth-order valence-corrected chi connectivity index (χ4v) is 4.31. The van der Waals surface area contributed by atoms with Gasteiger partial charge < -0.3 is 5.32 Å². The molecule has 1 fully saturated rings. The molecule has 0 unspecified atom stereocenters. The Kier molecular flexibility index (Phi) is 4.93. The highest BCUT2D eigenvalue weighted by atomic mass is 16.1. The molecule has 1 saturated carbocycles.